The molecule has 1 atom stereocenters. The van der Waals surface area contributed by atoms with E-state index in [0.717, 1.165) is 0 Å². The van der Waals surface area contributed by atoms with Gasteiger partial charge in [-0.15, -0.1) is 0 Å². The van der Waals surface area contributed by atoms with Crippen LogP contribution in [0.5, 0.6) is 0 Å². The molecule has 0 amide bonds. The monoisotopic (exact) mass is 216 g/mol. The van der Waals surface area contributed by atoms with Crippen LogP contribution < -0.4 is 0 Å². The second kappa shape index (κ2) is 6.02. The van der Waals surface area contributed by atoms with Crippen LogP contribution >= 0.6 is 0 Å². The zero-order valence-corrected chi connectivity index (χ0v) is 10.0. The fourth-order valence-corrected chi connectivity index (χ4v) is 8.60. The molecule has 80 valence electrons. The van der Waals surface area contributed by atoms with E-state index in [1.165, 1.54) is 18.4 Å². The molecule has 1 aliphatic heterocycles. The fourth-order valence-electron chi connectivity index (χ4n) is 3.20. The van der Waals surface area contributed by atoms with Gasteiger partial charge in [-0.3, -0.25) is 0 Å². The topological polar surface area (TPSA) is 0 Å². The molecule has 2 heteroatoms. The molecule has 1 saturated heterocycles. The van der Waals surface area contributed by atoms with Gasteiger partial charge in [-0.1, -0.05) is 64.6 Å². The maximum absolute atomic E-state index is 2.45. The van der Waals surface area contributed by atoms with Crippen LogP contribution in [0, 0.1) is 0 Å². The number of hydrogen-bond acceptors (Lipinski definition) is 0. The largest absolute Gasteiger partial charge is 0.0678 e. The summed E-state index contributed by atoms with van der Waals surface area (Å²) in [6.07, 6.45) is 6.09. The van der Waals surface area contributed by atoms with Crippen molar-refractivity contribution in [3.05, 3.63) is 0 Å². The highest BCUT2D eigenvalue weighted by molar-refractivity contribution is 6.81. The van der Waals surface area contributed by atoms with Gasteiger partial charge in [0.05, 0.1) is 8.07 Å². The summed E-state index contributed by atoms with van der Waals surface area (Å²) in [4.78, 5) is 0. The van der Waals surface area contributed by atoms with E-state index in [4.69, 9.17) is 0 Å². The standard InChI is InChI=1S/C11H24Si.H4Si/c1-4-11-9-7-8-10-12(11,5-2)6-3;/h11H,4-10H2,1-3H3;1H4. The first-order valence-corrected chi connectivity index (χ1v) is 8.49. The summed E-state index contributed by atoms with van der Waals surface area (Å²) in [5, 5.41) is 0. The van der Waals surface area contributed by atoms with Crippen molar-refractivity contribution in [1.82, 2.24) is 0 Å². The third kappa shape index (κ3) is 2.69. The Morgan fingerprint density at radius 2 is 1.69 bits per heavy atom. The molecule has 0 aromatic rings. The second-order valence-corrected chi connectivity index (χ2v) is 9.88. The molecule has 0 aliphatic carbocycles. The van der Waals surface area contributed by atoms with Crippen molar-refractivity contribution in [2.45, 2.75) is 70.1 Å². The van der Waals surface area contributed by atoms with E-state index >= 15 is 0 Å². The number of rotatable bonds is 3. The summed E-state index contributed by atoms with van der Waals surface area (Å²) in [5.41, 5.74) is 1.17. The molecule has 1 heterocycles. The summed E-state index contributed by atoms with van der Waals surface area (Å²) in [5.74, 6) is 0. The Bertz CT molecular complexity index is 130. The Kier molecular flexibility index (Phi) is 6.22. The molecular weight excluding hydrogens is 188 g/mol. The van der Waals surface area contributed by atoms with Gasteiger partial charge in [-0.2, -0.15) is 0 Å². The highest BCUT2D eigenvalue weighted by Gasteiger charge is 2.38. The summed E-state index contributed by atoms with van der Waals surface area (Å²) < 4.78 is 0. The van der Waals surface area contributed by atoms with E-state index in [1.54, 1.807) is 31.0 Å². The molecule has 0 nitrogen and oxygen atoms in total. The molecule has 13 heavy (non-hydrogen) atoms. The van der Waals surface area contributed by atoms with Crippen molar-refractivity contribution in [2.24, 2.45) is 0 Å². The van der Waals surface area contributed by atoms with Gasteiger partial charge in [0.1, 0.15) is 0 Å². The first-order valence-electron chi connectivity index (χ1n) is 5.79. The Morgan fingerprint density at radius 1 is 1.08 bits per heavy atom. The molecule has 0 aromatic carbocycles. The first kappa shape index (κ1) is 13.4. The smallest absolute Gasteiger partial charge is 0.0561 e. The van der Waals surface area contributed by atoms with Gasteiger partial charge < -0.3 is 0 Å². The first-order chi connectivity index (χ1) is 5.79. The lowest BCUT2D eigenvalue weighted by Crippen LogP contribution is -2.40. The average molecular weight is 217 g/mol. The Hall–Kier alpha value is 0.434. The molecular formula is C11H28Si2. The van der Waals surface area contributed by atoms with Gasteiger partial charge in [0.15, 0.2) is 0 Å². The molecule has 1 unspecified atom stereocenters. The van der Waals surface area contributed by atoms with Crippen molar-refractivity contribution in [1.29, 1.82) is 0 Å². The molecule has 0 spiro atoms. The minimum atomic E-state index is -0.760. The average Bonchev–Trinajstić information content (AvgIpc) is 2.17. The van der Waals surface area contributed by atoms with E-state index in [2.05, 4.69) is 20.8 Å². The van der Waals surface area contributed by atoms with Crippen molar-refractivity contribution in [3.63, 3.8) is 0 Å². The molecule has 0 radical (unpaired) electrons. The third-order valence-corrected chi connectivity index (χ3v) is 10.8. The zero-order chi connectivity index (χ0) is 9.03. The minimum Gasteiger partial charge on any atom is -0.0678 e. The van der Waals surface area contributed by atoms with Crippen LogP contribution in [0.4, 0.5) is 0 Å². The van der Waals surface area contributed by atoms with Crippen LogP contribution in [0.25, 0.3) is 0 Å². The van der Waals surface area contributed by atoms with E-state index in [9.17, 15) is 0 Å². The Balaban J connectivity index is 0.00000144. The normalized spacial score (nSPS) is 26.5. The number of hydrogen-bond donors (Lipinski definition) is 0. The summed E-state index contributed by atoms with van der Waals surface area (Å²) in [6, 6.07) is 4.72. The molecule has 0 aromatic heterocycles. The van der Waals surface area contributed by atoms with Gasteiger partial charge in [0, 0.05) is 0 Å². The van der Waals surface area contributed by atoms with Crippen LogP contribution in [-0.4, -0.2) is 19.0 Å². The molecule has 1 fully saturated rings. The van der Waals surface area contributed by atoms with E-state index in [-0.39, 0.29) is 11.0 Å². The van der Waals surface area contributed by atoms with Crippen LogP contribution in [-0.2, 0) is 0 Å². The summed E-state index contributed by atoms with van der Waals surface area (Å²) in [6.45, 7) is 7.30. The van der Waals surface area contributed by atoms with Crippen molar-refractivity contribution < 1.29 is 0 Å². The fraction of sp³-hybridized carbons (Fsp3) is 1.00. The van der Waals surface area contributed by atoms with Crippen molar-refractivity contribution in [2.75, 3.05) is 0 Å². The second-order valence-electron chi connectivity index (χ2n) is 4.42. The predicted molar refractivity (Wildman–Crippen MR) is 70.7 cm³/mol. The molecule has 1 aliphatic rings. The van der Waals surface area contributed by atoms with Crippen LogP contribution in [0.2, 0.25) is 23.7 Å². The lowest BCUT2D eigenvalue weighted by Gasteiger charge is -2.41. The quantitative estimate of drug-likeness (QED) is 0.636. The van der Waals surface area contributed by atoms with E-state index in [1.807, 2.05) is 0 Å². The summed E-state index contributed by atoms with van der Waals surface area (Å²) in [7, 11) is -0.760. The lowest BCUT2D eigenvalue weighted by molar-refractivity contribution is 0.584. The predicted octanol–water partition coefficient (Wildman–Crippen LogP) is 2.99. The lowest BCUT2D eigenvalue weighted by atomic mass is 10.1. The van der Waals surface area contributed by atoms with Crippen molar-refractivity contribution >= 4 is 19.0 Å². The van der Waals surface area contributed by atoms with Gasteiger partial charge in [0.2, 0.25) is 0 Å². The Morgan fingerprint density at radius 3 is 2.08 bits per heavy atom. The van der Waals surface area contributed by atoms with E-state index < -0.39 is 8.07 Å². The van der Waals surface area contributed by atoms with E-state index in [0.29, 0.717) is 0 Å². The molecule has 0 saturated carbocycles. The highest BCUT2D eigenvalue weighted by atomic mass is 28.3. The molecule has 0 N–H and O–H groups in total. The molecule has 0 bridgehead atoms. The minimum absolute atomic E-state index is 0. The van der Waals surface area contributed by atoms with Gasteiger partial charge in [-0.05, 0) is 16.5 Å². The SMILES string of the molecule is CCC1CCCC[Si]1(CC)CC.[SiH4]. The van der Waals surface area contributed by atoms with Crippen LogP contribution in [0.15, 0.2) is 0 Å². The highest BCUT2D eigenvalue weighted by Crippen LogP contribution is 2.44. The maximum Gasteiger partial charge on any atom is 0.0561 e. The summed E-state index contributed by atoms with van der Waals surface area (Å²) >= 11 is 0. The van der Waals surface area contributed by atoms with Gasteiger partial charge in [-0.25, -0.2) is 0 Å². The Labute approximate surface area is 89.5 Å². The van der Waals surface area contributed by atoms with Crippen LogP contribution in [0.1, 0.15) is 46.5 Å². The van der Waals surface area contributed by atoms with Gasteiger partial charge in [0.25, 0.3) is 0 Å². The molecule has 1 rings (SSSR count). The van der Waals surface area contributed by atoms with Crippen LogP contribution in [0.3, 0.4) is 0 Å². The maximum atomic E-state index is 2.45. The van der Waals surface area contributed by atoms with Gasteiger partial charge >= 0.3 is 0 Å². The third-order valence-electron chi connectivity index (χ3n) is 4.24. The van der Waals surface area contributed by atoms with Crippen molar-refractivity contribution in [3.8, 4) is 0 Å². The zero-order valence-electron chi connectivity index (χ0n) is 9.03.